The third kappa shape index (κ3) is 12.6. The number of amides is 1. The quantitative estimate of drug-likeness (QED) is 0.124. The standard InChI is InChI=1S/C60H89FN8O13/c1-14-46-60(9)40(24-47(70)82-60)33(4)50-31(2)25-59(8,77-13)54(49(41(62)29-65-50)48(34(5)56(74)80-46)45-26-58(7,76-12)53(72)35(6)79-45)81-57-51(71)43(23-32(3)78-57)68(10)22-21-39-30-69(67-66-39)44(27-61)52(75-11)37-17-15-36(16-18-37)38-19-20-42(55(63)73)64-28-38/h15-20,28,30-35,40-41,43-46,48-49,51-54,57,71-72H,14,21-27,29,62H2,1-13H3,(H2,63,73)/t31-,32-,33-,34-,35+,40-,41?,43+,44-,45-,46-,48?,49+,51-,52-,53+,54-,57+,58-,59-,60+/m1/s1. The van der Waals surface area contributed by atoms with Gasteiger partial charge in [0.05, 0.1) is 60.2 Å². The first kappa shape index (κ1) is 63.1. The van der Waals surface area contributed by atoms with Crippen molar-refractivity contribution in [3.8, 4) is 11.1 Å². The van der Waals surface area contributed by atoms with Gasteiger partial charge in [-0.15, -0.1) is 5.10 Å². The number of alkyl halides is 1. The van der Waals surface area contributed by atoms with Crippen molar-refractivity contribution >= 4 is 23.6 Å². The molecule has 3 fully saturated rings. The average molecular weight is 1150 g/mol. The number of nitrogens with two attached hydrogens (primary N) is 2. The number of carbonyl (C=O) groups excluding carboxylic acids is 3. The Bertz CT molecular complexity index is 2700. The first-order valence-electron chi connectivity index (χ1n) is 29.1. The second kappa shape index (κ2) is 25.8. The molecule has 0 spiro atoms. The number of likely N-dealkylation sites (N-methyl/N-ethyl adjacent to an activating group) is 1. The molecule has 21 nitrogen and oxygen atoms in total. The summed E-state index contributed by atoms with van der Waals surface area (Å²) in [7, 11) is 6.60. The molecule has 22 heteroatoms. The first-order valence-corrected chi connectivity index (χ1v) is 29.1. The third-order valence-corrected chi connectivity index (χ3v) is 19.2. The van der Waals surface area contributed by atoms with Crippen LogP contribution in [0.3, 0.4) is 0 Å². The maximum atomic E-state index is 15.2. The van der Waals surface area contributed by atoms with Crippen molar-refractivity contribution in [1.82, 2.24) is 24.9 Å². The number of benzene rings is 1. The van der Waals surface area contributed by atoms with Crippen LogP contribution in [-0.2, 0) is 53.9 Å². The fourth-order valence-corrected chi connectivity index (χ4v) is 14.3. The summed E-state index contributed by atoms with van der Waals surface area (Å²) in [6.07, 6.45) is -2.72. The molecule has 3 saturated heterocycles. The summed E-state index contributed by atoms with van der Waals surface area (Å²) in [5.74, 6) is -5.05. The highest BCUT2D eigenvalue weighted by atomic mass is 19.1. The molecular formula is C60H89FN8O13. The largest absolute Gasteiger partial charge is 0.458 e. The molecule has 6 N–H and O–H groups in total. The van der Waals surface area contributed by atoms with Crippen LogP contribution in [-0.4, -0.2) is 185 Å². The van der Waals surface area contributed by atoms with Gasteiger partial charge in [-0.25, -0.2) is 9.07 Å². The third-order valence-electron chi connectivity index (χ3n) is 19.2. The molecule has 2 unspecified atom stereocenters. The number of pyridine rings is 1. The van der Waals surface area contributed by atoms with Gasteiger partial charge in [-0.05, 0) is 84.0 Å². The fourth-order valence-electron chi connectivity index (χ4n) is 14.3. The van der Waals surface area contributed by atoms with Crippen molar-refractivity contribution in [3.63, 3.8) is 0 Å². The minimum Gasteiger partial charge on any atom is -0.458 e. The number of aliphatic hydroxyl groups is 2. The topological polar surface area (TPSA) is 277 Å². The maximum absolute atomic E-state index is 15.2. The average Bonchev–Trinajstić information content (AvgIpc) is 4.25. The Labute approximate surface area is 481 Å². The van der Waals surface area contributed by atoms with E-state index in [0.29, 0.717) is 37.9 Å². The number of aliphatic imine (C=N–C) groups is 1. The fraction of sp³-hybridized carbons (Fsp3) is 0.717. The zero-order chi connectivity index (χ0) is 59.7. The van der Waals surface area contributed by atoms with E-state index in [1.165, 1.54) is 11.8 Å². The molecule has 5 aliphatic rings. The number of esters is 2. The lowest BCUT2D eigenvalue weighted by Gasteiger charge is -2.53. The van der Waals surface area contributed by atoms with Crippen LogP contribution >= 0.6 is 0 Å². The lowest BCUT2D eigenvalue weighted by molar-refractivity contribution is -0.307. The van der Waals surface area contributed by atoms with Crippen molar-refractivity contribution in [2.24, 2.45) is 52.0 Å². The number of rotatable bonds is 17. The lowest BCUT2D eigenvalue weighted by Crippen LogP contribution is -2.65. The number of aromatic nitrogens is 4. The second-order valence-electron chi connectivity index (χ2n) is 24.5. The Morgan fingerprint density at radius 1 is 0.951 bits per heavy atom. The Kier molecular flexibility index (Phi) is 19.8. The first-order chi connectivity index (χ1) is 38.8. The summed E-state index contributed by atoms with van der Waals surface area (Å²) in [5.41, 5.74) is 13.4. The van der Waals surface area contributed by atoms with Crippen LogP contribution in [0.1, 0.15) is 128 Å². The van der Waals surface area contributed by atoms with Gasteiger partial charge in [0.25, 0.3) is 5.91 Å². The van der Waals surface area contributed by atoms with E-state index in [2.05, 4.69) is 29.1 Å². The van der Waals surface area contributed by atoms with Crippen molar-refractivity contribution < 1.29 is 66.9 Å². The summed E-state index contributed by atoms with van der Waals surface area (Å²) in [5, 5.41) is 33.0. The Morgan fingerprint density at radius 2 is 1.65 bits per heavy atom. The number of hydrogen-bond donors (Lipinski definition) is 4. The molecule has 5 aliphatic heterocycles. The SMILES string of the molecule is CC[C@H]1OC(=O)[C@H](C)C([C@H]2C[C@@](C)(OC)[C@@H](O)[C@H](C)O2)[C@@H]2C(N)CN=C([C@H](C)C[C@@](C)(OC)[C@@H]2O[C@@H]2O[C@H](C)C[C@H](N(C)CCc3cn([C@H](CF)[C@H](OC)c4ccc(-c5ccc(C(N)=O)nc5)cc4)nn3)[C@H]2O)[C@H](C)[C@H]2CC(=O)O[C@@]21C. The summed E-state index contributed by atoms with van der Waals surface area (Å²) >= 11 is 0. The van der Waals surface area contributed by atoms with E-state index < -0.39 is 132 Å². The number of cyclic esters (lactones) is 1. The molecule has 2 bridgehead atoms. The molecule has 1 amide bonds. The molecule has 0 radical (unpaired) electrons. The van der Waals surface area contributed by atoms with Crippen LogP contribution in [0.4, 0.5) is 4.39 Å². The highest BCUT2D eigenvalue weighted by Gasteiger charge is 2.60. The maximum Gasteiger partial charge on any atom is 0.309 e. The van der Waals surface area contributed by atoms with Gasteiger partial charge in [0.2, 0.25) is 0 Å². The predicted molar refractivity (Wildman–Crippen MR) is 301 cm³/mol. The second-order valence-corrected chi connectivity index (χ2v) is 24.5. The van der Waals surface area contributed by atoms with Crippen LogP contribution in [0.25, 0.3) is 11.1 Å². The number of halogens is 1. The Balaban J connectivity index is 1.08. The Hall–Kier alpha value is -4.88. The summed E-state index contributed by atoms with van der Waals surface area (Å²) in [6.45, 7) is 16.9. The molecule has 1 aromatic carbocycles. The molecule has 7 heterocycles. The van der Waals surface area contributed by atoms with Gasteiger partial charge >= 0.3 is 11.9 Å². The Morgan fingerprint density at radius 3 is 2.27 bits per heavy atom. The smallest absolute Gasteiger partial charge is 0.309 e. The van der Waals surface area contributed by atoms with Crippen molar-refractivity contribution in [3.05, 3.63) is 65.7 Å². The lowest BCUT2D eigenvalue weighted by atomic mass is 9.65. The highest BCUT2D eigenvalue weighted by Crippen LogP contribution is 2.50. The van der Waals surface area contributed by atoms with E-state index in [9.17, 15) is 19.8 Å². The van der Waals surface area contributed by atoms with Crippen LogP contribution in [0.2, 0.25) is 0 Å². The van der Waals surface area contributed by atoms with E-state index in [4.69, 9.17) is 54.4 Å². The van der Waals surface area contributed by atoms with E-state index in [1.54, 1.807) is 52.6 Å². The van der Waals surface area contributed by atoms with Crippen molar-refractivity contribution in [2.45, 2.75) is 191 Å². The number of nitrogens with zero attached hydrogens (tertiary/aromatic N) is 6. The van der Waals surface area contributed by atoms with Gasteiger partial charge in [-0.2, -0.15) is 0 Å². The number of primary amides is 1. The van der Waals surface area contributed by atoms with Crippen LogP contribution in [0.5, 0.6) is 0 Å². The van der Waals surface area contributed by atoms with E-state index in [-0.39, 0.29) is 42.9 Å². The number of aliphatic hydroxyl groups excluding tert-OH is 2. The molecule has 2 aromatic heterocycles. The molecular weight excluding hydrogens is 1060 g/mol. The minimum absolute atomic E-state index is 0.107. The molecule has 8 rings (SSSR count). The number of carbonyl (C=O) groups is 3. The molecule has 454 valence electrons. The molecule has 82 heavy (non-hydrogen) atoms. The zero-order valence-corrected chi connectivity index (χ0v) is 50.0. The number of fused-ring (bicyclic) bond motifs is 4. The van der Waals surface area contributed by atoms with Gasteiger partial charge in [-0.3, -0.25) is 24.4 Å². The molecule has 0 aliphatic carbocycles. The summed E-state index contributed by atoms with van der Waals surface area (Å²) in [6, 6.07) is 8.62. The molecule has 0 saturated carbocycles. The zero-order valence-electron chi connectivity index (χ0n) is 50.0. The van der Waals surface area contributed by atoms with E-state index in [0.717, 1.165) is 22.4 Å². The van der Waals surface area contributed by atoms with Crippen molar-refractivity contribution in [2.75, 3.05) is 48.1 Å². The molecule has 21 atom stereocenters. The van der Waals surface area contributed by atoms with Crippen LogP contribution in [0.15, 0.2) is 53.8 Å². The minimum atomic E-state index is -1.23. The number of ether oxygens (including phenoxy) is 8. The van der Waals surface area contributed by atoms with Crippen molar-refractivity contribution in [1.29, 1.82) is 0 Å². The normalized spacial score (nSPS) is 38.2. The van der Waals surface area contributed by atoms with Crippen LogP contribution < -0.4 is 11.5 Å². The predicted octanol–water partition coefficient (Wildman–Crippen LogP) is 5.38. The number of methoxy groups -OCH3 is 3. The van der Waals surface area contributed by atoms with Gasteiger partial charge in [0.15, 0.2) is 6.29 Å². The molecule has 3 aromatic rings. The van der Waals surface area contributed by atoms with Crippen LogP contribution in [0, 0.1) is 35.5 Å². The van der Waals surface area contributed by atoms with Gasteiger partial charge in [-0.1, -0.05) is 63.2 Å². The van der Waals surface area contributed by atoms with Gasteiger partial charge in [0, 0.05) is 100 Å². The van der Waals surface area contributed by atoms with Gasteiger partial charge < -0.3 is 64.5 Å². The number of hydrogen-bond acceptors (Lipinski definition) is 19. The van der Waals surface area contributed by atoms with E-state index in [1.807, 2.05) is 70.8 Å². The van der Waals surface area contributed by atoms with Gasteiger partial charge in [0.1, 0.15) is 48.4 Å². The highest BCUT2D eigenvalue weighted by molar-refractivity contribution is 5.91. The summed E-state index contributed by atoms with van der Waals surface area (Å²) < 4.78 is 68.8. The van der Waals surface area contributed by atoms with E-state index >= 15 is 9.18 Å². The summed E-state index contributed by atoms with van der Waals surface area (Å²) in [4.78, 5) is 51.7. The monoisotopic (exact) mass is 1150 g/mol.